The number of anilines is 1. The van der Waals surface area contributed by atoms with E-state index in [9.17, 15) is 14.4 Å². The summed E-state index contributed by atoms with van der Waals surface area (Å²) in [6.07, 6.45) is 2.62. The average Bonchev–Trinajstić information content (AvgIpc) is 3.12. The summed E-state index contributed by atoms with van der Waals surface area (Å²) < 4.78 is 5.18. The van der Waals surface area contributed by atoms with Gasteiger partial charge in [0.05, 0.1) is 38.0 Å². The van der Waals surface area contributed by atoms with Crippen molar-refractivity contribution in [3.8, 4) is 0 Å². The minimum Gasteiger partial charge on any atom is -0.462 e. The van der Waals surface area contributed by atoms with Crippen LogP contribution in [0.4, 0.5) is 5.69 Å². The molecule has 36 heavy (non-hydrogen) atoms. The Balaban J connectivity index is 1.64. The number of likely N-dealkylation sites (tertiary alicyclic amines) is 1. The first-order valence-corrected chi connectivity index (χ1v) is 13.4. The van der Waals surface area contributed by atoms with Gasteiger partial charge in [-0.15, -0.1) is 0 Å². The number of benzene rings is 2. The summed E-state index contributed by atoms with van der Waals surface area (Å²) in [4.78, 5) is 45.5. The highest BCUT2D eigenvalue weighted by molar-refractivity contribution is 8.04. The molecular formula is C27H31ClN3O4S+. The van der Waals surface area contributed by atoms with Gasteiger partial charge in [0.2, 0.25) is 0 Å². The van der Waals surface area contributed by atoms with Crippen LogP contribution in [0, 0.1) is 0 Å². The highest BCUT2D eigenvalue weighted by Crippen LogP contribution is 2.39. The largest absolute Gasteiger partial charge is 0.462 e. The molecule has 0 spiro atoms. The number of halogens is 1. The Morgan fingerprint density at radius 1 is 1.08 bits per heavy atom. The minimum atomic E-state index is -0.426. The summed E-state index contributed by atoms with van der Waals surface area (Å²) in [7, 11) is 4.08. The number of nitrogens with zero attached hydrogens (tertiary/aromatic N) is 2. The van der Waals surface area contributed by atoms with Crippen molar-refractivity contribution in [2.45, 2.75) is 37.1 Å². The molecule has 0 atom stereocenters. The molecule has 0 saturated carbocycles. The Morgan fingerprint density at radius 2 is 1.72 bits per heavy atom. The van der Waals surface area contributed by atoms with Gasteiger partial charge in [0.1, 0.15) is 10.6 Å². The second-order valence-electron chi connectivity index (χ2n) is 9.16. The molecule has 2 heterocycles. The first kappa shape index (κ1) is 26.3. The molecule has 2 aromatic carbocycles. The molecule has 9 heteroatoms. The van der Waals surface area contributed by atoms with Gasteiger partial charge in [-0.05, 0) is 55.0 Å². The fourth-order valence-electron chi connectivity index (χ4n) is 4.45. The maximum absolute atomic E-state index is 13.8. The molecule has 0 radical (unpaired) electrons. The summed E-state index contributed by atoms with van der Waals surface area (Å²) in [5, 5.41) is 0.604. The van der Waals surface area contributed by atoms with Crippen LogP contribution in [0.5, 0.6) is 0 Å². The van der Waals surface area contributed by atoms with Gasteiger partial charge in [0.25, 0.3) is 11.8 Å². The van der Waals surface area contributed by atoms with Crippen molar-refractivity contribution in [1.29, 1.82) is 0 Å². The average molecular weight is 529 g/mol. The third-order valence-electron chi connectivity index (χ3n) is 6.56. The molecule has 2 aliphatic heterocycles. The Kier molecular flexibility index (Phi) is 8.39. The predicted octanol–water partition coefficient (Wildman–Crippen LogP) is 3.39. The Hall–Kier alpha value is -2.81. The van der Waals surface area contributed by atoms with E-state index in [2.05, 4.69) is 7.05 Å². The van der Waals surface area contributed by atoms with Crippen molar-refractivity contribution in [3.63, 3.8) is 0 Å². The second kappa shape index (κ2) is 11.5. The number of nitrogens with one attached hydrogen (secondary N) is 1. The Bertz CT molecular complexity index is 1160. The number of hydrogen-bond acceptors (Lipinski definition) is 6. The maximum Gasteiger partial charge on any atom is 0.338 e. The lowest BCUT2D eigenvalue weighted by Crippen LogP contribution is -3.10. The second-order valence-corrected chi connectivity index (χ2v) is 10.7. The summed E-state index contributed by atoms with van der Waals surface area (Å²) in [6.45, 7) is 4.30. The van der Waals surface area contributed by atoms with Crippen LogP contribution >= 0.6 is 23.4 Å². The van der Waals surface area contributed by atoms with E-state index in [0.717, 1.165) is 37.2 Å². The van der Waals surface area contributed by atoms with Gasteiger partial charge < -0.3 is 14.5 Å². The van der Waals surface area contributed by atoms with E-state index in [-0.39, 0.29) is 17.9 Å². The molecule has 0 aliphatic carbocycles. The molecule has 2 aromatic rings. The van der Waals surface area contributed by atoms with Gasteiger partial charge in [-0.3, -0.25) is 9.59 Å². The highest BCUT2D eigenvalue weighted by Gasteiger charge is 2.43. The molecule has 4 rings (SSSR count). The monoisotopic (exact) mass is 528 g/mol. The quantitative estimate of drug-likeness (QED) is 0.418. The van der Waals surface area contributed by atoms with Crippen LogP contribution in [-0.2, 0) is 14.3 Å². The molecule has 0 bridgehead atoms. The smallest absolute Gasteiger partial charge is 0.338 e. The van der Waals surface area contributed by atoms with Gasteiger partial charge in [0, 0.05) is 35.8 Å². The van der Waals surface area contributed by atoms with E-state index in [1.54, 1.807) is 36.4 Å². The number of rotatable bonds is 8. The van der Waals surface area contributed by atoms with Crippen molar-refractivity contribution >= 4 is 46.8 Å². The molecule has 7 nitrogen and oxygen atoms in total. The number of esters is 1. The minimum absolute atomic E-state index is 0.178. The molecular weight excluding hydrogens is 498 g/mol. The highest BCUT2D eigenvalue weighted by atomic mass is 35.5. The van der Waals surface area contributed by atoms with E-state index < -0.39 is 5.97 Å². The number of thioether (sulfide) groups is 1. The number of hydrogen-bond donors (Lipinski definition) is 1. The molecule has 0 unspecified atom stereocenters. The summed E-state index contributed by atoms with van der Waals surface area (Å²) in [5.74, 6) is -1.15. The van der Waals surface area contributed by atoms with Crippen molar-refractivity contribution in [1.82, 2.24) is 4.90 Å². The van der Waals surface area contributed by atoms with Crippen LogP contribution in [0.25, 0.3) is 0 Å². The summed E-state index contributed by atoms with van der Waals surface area (Å²) in [6, 6.07) is 13.8. The van der Waals surface area contributed by atoms with Crippen molar-refractivity contribution in [2.75, 3.05) is 38.7 Å². The van der Waals surface area contributed by atoms with E-state index in [1.807, 2.05) is 31.0 Å². The SMILES string of the molecule is CCCOC(=O)c1ccc(N2C(=O)C(Sc3ccc(Cl)cc3)=C(N(C)C3CC[NH+](C)CC3)C2=O)cc1. The first-order chi connectivity index (χ1) is 17.3. The van der Waals surface area contributed by atoms with Crippen LogP contribution in [0.2, 0.25) is 5.02 Å². The molecule has 190 valence electrons. The van der Waals surface area contributed by atoms with Crippen LogP contribution in [0.3, 0.4) is 0 Å². The molecule has 2 amide bonds. The fraction of sp³-hybridized carbons (Fsp3) is 0.370. The number of ether oxygens (including phenoxy) is 1. The van der Waals surface area contributed by atoms with Crippen molar-refractivity contribution < 1.29 is 24.0 Å². The zero-order valence-electron chi connectivity index (χ0n) is 20.8. The first-order valence-electron chi connectivity index (χ1n) is 12.2. The Labute approximate surface area is 221 Å². The third-order valence-corrected chi connectivity index (χ3v) is 7.89. The lowest BCUT2D eigenvalue weighted by atomic mass is 10.0. The van der Waals surface area contributed by atoms with Gasteiger partial charge in [-0.2, -0.15) is 0 Å². The van der Waals surface area contributed by atoms with E-state index in [1.165, 1.54) is 21.6 Å². The number of amides is 2. The Morgan fingerprint density at radius 3 is 2.33 bits per heavy atom. The van der Waals surface area contributed by atoms with Crippen LogP contribution in [-0.4, -0.2) is 62.5 Å². The fourth-order valence-corrected chi connectivity index (χ4v) is 5.59. The number of piperidine rings is 1. The third kappa shape index (κ3) is 5.61. The molecule has 0 aromatic heterocycles. The van der Waals surface area contributed by atoms with Gasteiger partial charge in [0.15, 0.2) is 0 Å². The number of carbonyl (C=O) groups is 3. The van der Waals surface area contributed by atoms with Gasteiger partial charge in [-0.1, -0.05) is 30.3 Å². The van der Waals surface area contributed by atoms with Crippen molar-refractivity contribution in [2.24, 2.45) is 0 Å². The van der Waals surface area contributed by atoms with Crippen molar-refractivity contribution in [3.05, 3.63) is 69.7 Å². The summed E-state index contributed by atoms with van der Waals surface area (Å²) >= 11 is 7.32. The number of imide groups is 1. The maximum atomic E-state index is 13.8. The number of likely N-dealkylation sites (N-methyl/N-ethyl adjacent to an activating group) is 1. The standard InChI is InChI=1S/C27H30ClN3O4S/c1-4-17-35-27(34)18-5-9-21(10-6-18)31-25(32)23(30(3)20-13-15-29(2)16-14-20)24(26(31)33)36-22-11-7-19(28)8-12-22/h5-12,20H,4,13-17H2,1-3H3/p+1. The normalized spacial score (nSPS) is 20.2. The van der Waals surface area contributed by atoms with Crippen LogP contribution in [0.15, 0.2) is 64.0 Å². The van der Waals surface area contributed by atoms with Gasteiger partial charge >= 0.3 is 5.97 Å². The van der Waals surface area contributed by atoms with E-state index in [4.69, 9.17) is 16.3 Å². The van der Waals surface area contributed by atoms with Crippen LogP contribution in [0.1, 0.15) is 36.5 Å². The number of quaternary nitrogens is 1. The van der Waals surface area contributed by atoms with E-state index >= 15 is 0 Å². The lowest BCUT2D eigenvalue weighted by molar-refractivity contribution is -0.885. The lowest BCUT2D eigenvalue weighted by Gasteiger charge is -2.35. The zero-order valence-corrected chi connectivity index (χ0v) is 22.3. The number of carbonyl (C=O) groups excluding carboxylic acids is 3. The van der Waals surface area contributed by atoms with Gasteiger partial charge in [-0.25, -0.2) is 9.69 Å². The summed E-state index contributed by atoms with van der Waals surface area (Å²) in [5.41, 5.74) is 1.21. The molecule has 2 aliphatic rings. The zero-order chi connectivity index (χ0) is 25.8. The molecule has 1 saturated heterocycles. The predicted molar refractivity (Wildman–Crippen MR) is 141 cm³/mol. The molecule has 1 fully saturated rings. The van der Waals surface area contributed by atoms with Crippen LogP contribution < -0.4 is 9.80 Å². The topological polar surface area (TPSA) is 71.4 Å². The van der Waals surface area contributed by atoms with E-state index in [0.29, 0.717) is 33.5 Å². The molecule has 1 N–H and O–H groups in total.